The fraction of sp³-hybridized carbons (Fsp3) is 0.316. The highest BCUT2D eigenvalue weighted by molar-refractivity contribution is 7.90. The molecule has 0 aliphatic carbocycles. The summed E-state index contributed by atoms with van der Waals surface area (Å²) in [6.45, 7) is 1.16. The molecule has 1 aromatic heterocycles. The van der Waals surface area contributed by atoms with Crippen LogP contribution in [0.3, 0.4) is 0 Å². The lowest BCUT2D eigenvalue weighted by Crippen LogP contribution is -2.40. The summed E-state index contributed by atoms with van der Waals surface area (Å²) in [6.07, 6.45) is 2.72. The van der Waals surface area contributed by atoms with Crippen LogP contribution in [0.2, 0.25) is 5.15 Å². The minimum atomic E-state index is -3.64. The number of esters is 1. The average molecular weight is 420 g/mol. The molecule has 9 heteroatoms. The molecule has 28 heavy (non-hydrogen) atoms. The number of pyridine rings is 1. The van der Waals surface area contributed by atoms with Gasteiger partial charge >= 0.3 is 5.97 Å². The molecular weight excluding hydrogens is 402 g/mol. The quantitative estimate of drug-likeness (QED) is 0.561. The minimum Gasteiger partial charge on any atom is -0.460 e. The van der Waals surface area contributed by atoms with E-state index in [1.54, 1.807) is 42.6 Å². The number of piperidine rings is 1. The molecule has 2 aliphatic heterocycles. The van der Waals surface area contributed by atoms with Gasteiger partial charge in [-0.05, 0) is 31.0 Å². The van der Waals surface area contributed by atoms with Gasteiger partial charge in [-0.1, -0.05) is 29.8 Å². The largest absolute Gasteiger partial charge is 0.460 e. The van der Waals surface area contributed by atoms with E-state index in [1.807, 2.05) is 4.90 Å². The number of nitrogens with zero attached hydrogens (tertiary/aromatic N) is 3. The first kappa shape index (κ1) is 18.9. The summed E-state index contributed by atoms with van der Waals surface area (Å²) in [6, 6.07) is 10.3. The van der Waals surface area contributed by atoms with Crippen LogP contribution in [-0.4, -0.2) is 43.2 Å². The molecule has 0 amide bonds. The predicted molar refractivity (Wildman–Crippen MR) is 104 cm³/mol. The predicted octanol–water partition coefficient (Wildman–Crippen LogP) is 2.64. The molecule has 0 saturated carbocycles. The second-order valence-electron chi connectivity index (χ2n) is 6.71. The summed E-state index contributed by atoms with van der Waals surface area (Å²) in [7, 11) is -3.64. The normalized spacial score (nSPS) is 18.5. The van der Waals surface area contributed by atoms with Gasteiger partial charge in [-0.3, -0.25) is 4.79 Å². The summed E-state index contributed by atoms with van der Waals surface area (Å²) in [4.78, 5) is 18.5. The van der Waals surface area contributed by atoms with E-state index in [1.165, 1.54) is 0 Å². The Balaban J connectivity index is 1.38. The molecule has 1 saturated heterocycles. The Morgan fingerprint density at radius 2 is 1.93 bits per heavy atom. The second kappa shape index (κ2) is 7.52. The SMILES string of the molecule is O=C(OCc1cccnc1Cl)C1CCN(C2=NS(=O)(=O)c3ccccc32)CC1. The molecular formula is C19H18ClN3O4S. The molecule has 146 valence electrons. The zero-order valence-corrected chi connectivity index (χ0v) is 16.5. The molecule has 2 aliphatic rings. The van der Waals surface area contributed by atoms with E-state index in [0.717, 1.165) is 0 Å². The van der Waals surface area contributed by atoms with Crippen molar-refractivity contribution in [2.75, 3.05) is 13.1 Å². The van der Waals surface area contributed by atoms with Crippen LogP contribution in [0.25, 0.3) is 0 Å². The first-order valence-electron chi connectivity index (χ1n) is 8.91. The fourth-order valence-electron chi connectivity index (χ4n) is 3.44. The van der Waals surface area contributed by atoms with Gasteiger partial charge in [-0.15, -0.1) is 4.40 Å². The van der Waals surface area contributed by atoms with Gasteiger partial charge < -0.3 is 9.64 Å². The van der Waals surface area contributed by atoms with E-state index in [-0.39, 0.29) is 23.4 Å². The maximum atomic E-state index is 12.4. The summed E-state index contributed by atoms with van der Waals surface area (Å²) in [5, 5.41) is 0.323. The average Bonchev–Trinajstić information content (AvgIpc) is 2.99. The van der Waals surface area contributed by atoms with Gasteiger partial charge in [-0.2, -0.15) is 8.42 Å². The van der Waals surface area contributed by atoms with E-state index in [0.29, 0.717) is 48.0 Å². The van der Waals surface area contributed by atoms with Crippen molar-refractivity contribution in [1.82, 2.24) is 9.88 Å². The number of carbonyl (C=O) groups excluding carboxylic acids is 1. The van der Waals surface area contributed by atoms with Crippen LogP contribution in [0.15, 0.2) is 51.9 Å². The monoisotopic (exact) mass is 419 g/mol. The van der Waals surface area contributed by atoms with Crippen LogP contribution in [-0.2, 0) is 26.2 Å². The van der Waals surface area contributed by atoms with Crippen molar-refractivity contribution in [2.24, 2.45) is 10.3 Å². The molecule has 2 aromatic rings. The lowest BCUT2D eigenvalue weighted by atomic mass is 9.96. The fourth-order valence-corrected chi connectivity index (χ4v) is 4.84. The summed E-state index contributed by atoms with van der Waals surface area (Å²) < 4.78 is 33.8. The Hall–Kier alpha value is -2.45. The molecule has 4 rings (SSSR count). The highest BCUT2D eigenvalue weighted by Crippen LogP contribution is 2.30. The topological polar surface area (TPSA) is 88.9 Å². The van der Waals surface area contributed by atoms with Crippen molar-refractivity contribution in [3.05, 3.63) is 58.9 Å². The smallest absolute Gasteiger partial charge is 0.309 e. The standard InChI is InChI=1S/C19H18ClN3O4S/c20-17-14(4-3-9-21-17)12-27-19(24)13-7-10-23(11-8-13)18-15-5-1-2-6-16(15)28(25,26)22-18/h1-6,9,13H,7-8,10-12H2. The molecule has 0 bridgehead atoms. The summed E-state index contributed by atoms with van der Waals surface area (Å²) in [5.74, 6) is -0.0499. The lowest BCUT2D eigenvalue weighted by molar-refractivity contribution is -0.151. The Labute approximate surface area is 168 Å². The van der Waals surface area contributed by atoms with Crippen LogP contribution < -0.4 is 0 Å². The van der Waals surface area contributed by atoms with Crippen molar-refractivity contribution in [3.63, 3.8) is 0 Å². The molecule has 7 nitrogen and oxygen atoms in total. The first-order valence-corrected chi connectivity index (χ1v) is 10.7. The van der Waals surface area contributed by atoms with Crippen LogP contribution in [0.5, 0.6) is 0 Å². The molecule has 0 radical (unpaired) electrons. The number of aromatic nitrogens is 1. The number of amidine groups is 1. The zero-order chi connectivity index (χ0) is 19.7. The molecule has 3 heterocycles. The number of hydrogen-bond acceptors (Lipinski definition) is 6. The molecule has 0 atom stereocenters. The molecule has 1 aromatic carbocycles. The van der Waals surface area contributed by atoms with Crippen LogP contribution >= 0.6 is 11.6 Å². The van der Waals surface area contributed by atoms with Crippen LogP contribution in [0.4, 0.5) is 0 Å². The number of benzene rings is 1. The van der Waals surface area contributed by atoms with Gasteiger partial charge in [0.2, 0.25) is 0 Å². The number of hydrogen-bond donors (Lipinski definition) is 0. The van der Waals surface area contributed by atoms with E-state index in [9.17, 15) is 13.2 Å². The maximum absolute atomic E-state index is 12.4. The Bertz CT molecular complexity index is 1050. The highest BCUT2D eigenvalue weighted by Gasteiger charge is 2.34. The van der Waals surface area contributed by atoms with Gasteiger partial charge in [0, 0.05) is 30.4 Å². The van der Waals surface area contributed by atoms with Crippen molar-refractivity contribution in [3.8, 4) is 0 Å². The lowest BCUT2D eigenvalue weighted by Gasteiger charge is -2.32. The number of halogens is 1. The first-order chi connectivity index (χ1) is 13.5. The number of likely N-dealkylation sites (tertiary alicyclic amines) is 1. The zero-order valence-electron chi connectivity index (χ0n) is 14.9. The molecule has 0 N–H and O–H groups in total. The van der Waals surface area contributed by atoms with Crippen LogP contribution in [0.1, 0.15) is 24.0 Å². The van der Waals surface area contributed by atoms with E-state index >= 15 is 0 Å². The van der Waals surface area contributed by atoms with Gasteiger partial charge in [0.05, 0.1) is 5.92 Å². The van der Waals surface area contributed by atoms with Gasteiger partial charge in [-0.25, -0.2) is 4.98 Å². The third-order valence-electron chi connectivity index (χ3n) is 4.95. The van der Waals surface area contributed by atoms with Crippen LogP contribution in [0, 0.1) is 5.92 Å². The van der Waals surface area contributed by atoms with Gasteiger partial charge in [0.1, 0.15) is 16.7 Å². The Morgan fingerprint density at radius 3 is 2.68 bits per heavy atom. The number of carbonyl (C=O) groups is 1. The number of fused-ring (bicyclic) bond motifs is 1. The molecule has 1 fully saturated rings. The molecule has 0 spiro atoms. The van der Waals surface area contributed by atoms with Crippen molar-refractivity contribution in [2.45, 2.75) is 24.3 Å². The van der Waals surface area contributed by atoms with Crippen molar-refractivity contribution >= 4 is 33.4 Å². The van der Waals surface area contributed by atoms with E-state index in [4.69, 9.17) is 16.3 Å². The van der Waals surface area contributed by atoms with Crippen molar-refractivity contribution in [1.29, 1.82) is 0 Å². The van der Waals surface area contributed by atoms with Gasteiger partial charge in [0.25, 0.3) is 10.0 Å². The number of ether oxygens (including phenoxy) is 1. The van der Waals surface area contributed by atoms with Crippen molar-refractivity contribution < 1.29 is 17.9 Å². The summed E-state index contributed by atoms with van der Waals surface area (Å²) >= 11 is 5.98. The minimum absolute atomic E-state index is 0.0873. The number of rotatable bonds is 3. The number of sulfonamides is 1. The Kier molecular flexibility index (Phi) is 5.07. The maximum Gasteiger partial charge on any atom is 0.309 e. The van der Waals surface area contributed by atoms with E-state index in [2.05, 4.69) is 9.38 Å². The van der Waals surface area contributed by atoms with Gasteiger partial charge in [0.15, 0.2) is 5.84 Å². The Morgan fingerprint density at radius 1 is 1.18 bits per heavy atom. The highest BCUT2D eigenvalue weighted by atomic mass is 35.5. The summed E-state index contributed by atoms with van der Waals surface area (Å²) in [5.41, 5.74) is 1.28. The van der Waals surface area contributed by atoms with E-state index < -0.39 is 10.0 Å². The third-order valence-corrected chi connectivity index (χ3v) is 6.61. The molecule has 0 unspecified atom stereocenters. The third kappa shape index (κ3) is 3.62. The second-order valence-corrected chi connectivity index (χ2v) is 8.64.